The summed E-state index contributed by atoms with van der Waals surface area (Å²) in [6.07, 6.45) is 0. The van der Waals surface area contributed by atoms with Gasteiger partial charge in [0.15, 0.2) is 0 Å². The van der Waals surface area contributed by atoms with Crippen LogP contribution in [-0.4, -0.2) is 33.6 Å². The second-order valence-corrected chi connectivity index (χ2v) is 8.46. The average Bonchev–Trinajstić information content (AvgIpc) is 3.04. The van der Waals surface area contributed by atoms with Crippen LogP contribution in [0, 0.1) is 15.9 Å². The Morgan fingerprint density at radius 1 is 0.879 bits per heavy atom. The number of imide groups is 1. The molecule has 0 aliphatic carbocycles. The lowest BCUT2D eigenvalue weighted by Crippen LogP contribution is -2.67. The SMILES string of the molecule is O=C1c2cccc([N+](=O)[O-])c2C(=O)N1[C@H]1C(=O)N(c2ccccc2F)[C@H]1c1cccc(Br)c1. The number of hydrogen-bond acceptors (Lipinski definition) is 5. The molecule has 33 heavy (non-hydrogen) atoms. The lowest BCUT2D eigenvalue weighted by molar-refractivity contribution is -0.385. The predicted octanol–water partition coefficient (Wildman–Crippen LogP) is 4.25. The number of anilines is 1. The molecule has 10 heteroatoms. The molecular weight excluding hydrogens is 497 g/mol. The zero-order valence-corrected chi connectivity index (χ0v) is 18.2. The van der Waals surface area contributed by atoms with Gasteiger partial charge in [0.1, 0.15) is 17.4 Å². The first kappa shape index (κ1) is 21.0. The van der Waals surface area contributed by atoms with E-state index < -0.39 is 46.2 Å². The molecule has 0 saturated carbocycles. The molecule has 3 amide bonds. The number of hydrogen-bond donors (Lipinski definition) is 0. The number of halogens is 2. The standard InChI is InChI=1S/C23H13BrFN3O5/c24-13-6-3-5-12(11-13)19-20(23(31)26(19)16-9-2-1-8-15(16)25)27-21(29)14-7-4-10-17(28(32)33)18(14)22(27)30/h1-11,19-20H/t19-,20+/m0/s1. The molecule has 5 rings (SSSR count). The Kier molecular flexibility index (Phi) is 4.82. The summed E-state index contributed by atoms with van der Waals surface area (Å²) in [6, 6.07) is 14.2. The van der Waals surface area contributed by atoms with Gasteiger partial charge in [0.2, 0.25) is 0 Å². The lowest BCUT2D eigenvalue weighted by Gasteiger charge is -2.49. The highest BCUT2D eigenvalue weighted by Gasteiger charge is 2.58. The zero-order valence-electron chi connectivity index (χ0n) is 16.6. The molecule has 2 aliphatic rings. The quantitative estimate of drug-likeness (QED) is 0.226. The van der Waals surface area contributed by atoms with E-state index in [9.17, 15) is 28.9 Å². The summed E-state index contributed by atoms with van der Waals surface area (Å²) >= 11 is 3.37. The maximum absolute atomic E-state index is 14.6. The van der Waals surface area contributed by atoms with Crippen molar-refractivity contribution in [3.63, 3.8) is 0 Å². The number of β-lactam (4-membered cyclic amide) rings is 1. The maximum atomic E-state index is 14.6. The smallest absolute Gasteiger partial charge is 0.282 e. The van der Waals surface area contributed by atoms with Gasteiger partial charge in [-0.15, -0.1) is 0 Å². The third-order valence-electron chi connectivity index (χ3n) is 5.77. The summed E-state index contributed by atoms with van der Waals surface area (Å²) in [5.41, 5.74) is -0.434. The van der Waals surface area contributed by atoms with E-state index >= 15 is 0 Å². The number of nitrogens with zero attached hydrogens (tertiary/aromatic N) is 3. The van der Waals surface area contributed by atoms with Gasteiger partial charge in [-0.05, 0) is 35.9 Å². The molecule has 1 saturated heterocycles. The van der Waals surface area contributed by atoms with Gasteiger partial charge in [-0.3, -0.25) is 34.3 Å². The first-order valence-electron chi connectivity index (χ1n) is 9.79. The highest BCUT2D eigenvalue weighted by atomic mass is 79.9. The van der Waals surface area contributed by atoms with E-state index in [0.717, 1.165) is 11.0 Å². The van der Waals surface area contributed by atoms with Crippen molar-refractivity contribution in [2.24, 2.45) is 0 Å². The van der Waals surface area contributed by atoms with Crippen molar-refractivity contribution in [1.82, 2.24) is 4.90 Å². The van der Waals surface area contributed by atoms with Crippen molar-refractivity contribution in [1.29, 1.82) is 0 Å². The second kappa shape index (κ2) is 7.59. The predicted molar refractivity (Wildman–Crippen MR) is 118 cm³/mol. The lowest BCUT2D eigenvalue weighted by atomic mass is 9.86. The Morgan fingerprint density at radius 3 is 2.30 bits per heavy atom. The zero-order chi connectivity index (χ0) is 23.4. The number of fused-ring (bicyclic) bond motifs is 1. The number of amides is 3. The minimum absolute atomic E-state index is 0.00585. The van der Waals surface area contributed by atoms with Crippen LogP contribution < -0.4 is 4.90 Å². The minimum atomic E-state index is -1.29. The summed E-state index contributed by atoms with van der Waals surface area (Å²) in [4.78, 5) is 52.3. The molecule has 0 bridgehead atoms. The van der Waals surface area contributed by atoms with Crippen LogP contribution in [-0.2, 0) is 4.79 Å². The Labute approximate surface area is 194 Å². The van der Waals surface area contributed by atoms with Gasteiger partial charge < -0.3 is 0 Å². The van der Waals surface area contributed by atoms with Crippen molar-refractivity contribution >= 4 is 45.0 Å². The first-order chi connectivity index (χ1) is 15.8. The maximum Gasteiger partial charge on any atom is 0.282 e. The van der Waals surface area contributed by atoms with Gasteiger partial charge in [-0.1, -0.05) is 46.3 Å². The average molecular weight is 510 g/mol. The Balaban J connectivity index is 1.63. The number of benzene rings is 3. The van der Waals surface area contributed by atoms with Crippen LogP contribution in [0.5, 0.6) is 0 Å². The molecule has 2 aliphatic heterocycles. The van der Waals surface area contributed by atoms with Crippen LogP contribution >= 0.6 is 15.9 Å². The Morgan fingerprint density at radius 2 is 1.61 bits per heavy atom. The fourth-order valence-corrected chi connectivity index (χ4v) is 4.77. The van der Waals surface area contributed by atoms with E-state index in [2.05, 4.69) is 15.9 Å². The van der Waals surface area contributed by atoms with Crippen molar-refractivity contribution < 1.29 is 23.7 Å². The molecule has 0 spiro atoms. The molecule has 3 aromatic rings. The fourth-order valence-electron chi connectivity index (χ4n) is 4.35. The third kappa shape index (κ3) is 3.05. The molecule has 2 heterocycles. The van der Waals surface area contributed by atoms with E-state index in [1.165, 1.54) is 35.2 Å². The molecule has 2 atom stereocenters. The second-order valence-electron chi connectivity index (χ2n) is 7.54. The largest absolute Gasteiger partial charge is 0.297 e. The molecule has 164 valence electrons. The highest BCUT2D eigenvalue weighted by molar-refractivity contribution is 9.10. The van der Waals surface area contributed by atoms with E-state index in [4.69, 9.17) is 0 Å². The Bertz CT molecular complexity index is 1380. The number of para-hydroxylation sites is 1. The van der Waals surface area contributed by atoms with Gasteiger partial charge in [-0.2, -0.15) is 0 Å². The Hall–Kier alpha value is -3.92. The number of carbonyl (C=O) groups excluding carboxylic acids is 3. The molecule has 8 nitrogen and oxygen atoms in total. The first-order valence-corrected chi connectivity index (χ1v) is 10.6. The molecule has 0 unspecified atom stereocenters. The van der Waals surface area contributed by atoms with Crippen LogP contribution in [0.15, 0.2) is 71.2 Å². The van der Waals surface area contributed by atoms with E-state index in [1.54, 1.807) is 30.3 Å². The minimum Gasteiger partial charge on any atom is -0.297 e. The topological polar surface area (TPSA) is 101 Å². The summed E-state index contributed by atoms with van der Waals surface area (Å²) < 4.78 is 15.3. The van der Waals surface area contributed by atoms with E-state index in [0.29, 0.717) is 10.0 Å². The van der Waals surface area contributed by atoms with Crippen LogP contribution in [0.1, 0.15) is 32.3 Å². The number of nitro benzene ring substituents is 1. The van der Waals surface area contributed by atoms with E-state index in [-0.39, 0.29) is 16.8 Å². The van der Waals surface area contributed by atoms with Crippen molar-refractivity contribution in [3.05, 3.63) is 104 Å². The van der Waals surface area contributed by atoms with Gasteiger partial charge in [0, 0.05) is 10.5 Å². The van der Waals surface area contributed by atoms with Crippen molar-refractivity contribution in [2.45, 2.75) is 12.1 Å². The molecule has 0 aromatic heterocycles. The highest BCUT2D eigenvalue weighted by Crippen LogP contribution is 2.46. The van der Waals surface area contributed by atoms with Gasteiger partial charge in [0.25, 0.3) is 23.4 Å². The summed E-state index contributed by atoms with van der Waals surface area (Å²) in [7, 11) is 0. The van der Waals surface area contributed by atoms with Crippen LogP contribution in [0.4, 0.5) is 15.8 Å². The van der Waals surface area contributed by atoms with Gasteiger partial charge in [-0.25, -0.2) is 4.39 Å². The molecule has 1 fully saturated rings. The molecular formula is C23H13BrFN3O5. The van der Waals surface area contributed by atoms with E-state index in [1.807, 2.05) is 0 Å². The number of carbonyl (C=O) groups is 3. The fraction of sp³-hybridized carbons (Fsp3) is 0.0870. The monoisotopic (exact) mass is 509 g/mol. The summed E-state index contributed by atoms with van der Waals surface area (Å²) in [5, 5.41) is 11.4. The molecule has 0 N–H and O–H groups in total. The van der Waals surface area contributed by atoms with Crippen molar-refractivity contribution in [3.8, 4) is 0 Å². The molecule has 0 radical (unpaired) electrons. The van der Waals surface area contributed by atoms with Crippen LogP contribution in [0.3, 0.4) is 0 Å². The third-order valence-corrected chi connectivity index (χ3v) is 6.26. The van der Waals surface area contributed by atoms with Crippen LogP contribution in [0.25, 0.3) is 0 Å². The summed E-state index contributed by atoms with van der Waals surface area (Å²) in [5.74, 6) is -3.02. The van der Waals surface area contributed by atoms with Gasteiger partial charge >= 0.3 is 0 Å². The molecule has 3 aromatic carbocycles. The van der Waals surface area contributed by atoms with Gasteiger partial charge in [0.05, 0.1) is 22.2 Å². The normalized spacial score (nSPS) is 19.5. The number of nitro groups is 1. The number of rotatable bonds is 4. The van der Waals surface area contributed by atoms with Crippen LogP contribution in [0.2, 0.25) is 0 Å². The van der Waals surface area contributed by atoms with Crippen molar-refractivity contribution in [2.75, 3.05) is 4.90 Å². The summed E-state index contributed by atoms with van der Waals surface area (Å²) in [6.45, 7) is 0.